The summed E-state index contributed by atoms with van der Waals surface area (Å²) in [6.07, 6.45) is 18.9. The van der Waals surface area contributed by atoms with Crippen molar-refractivity contribution in [3.63, 3.8) is 0 Å². The minimum atomic E-state index is -4.02. The largest absolute Gasteiger partial charge is 1.00 e. The zero-order chi connectivity index (χ0) is 18.1. The maximum atomic E-state index is 10.4. The first-order valence-corrected chi connectivity index (χ1v) is 11.3. The van der Waals surface area contributed by atoms with Crippen molar-refractivity contribution in [1.29, 1.82) is 0 Å². The van der Waals surface area contributed by atoms with E-state index in [1.807, 2.05) is 6.08 Å². The predicted molar refractivity (Wildman–Crippen MR) is 100 cm³/mol. The number of unbranched alkanes of at least 4 members (excludes halogenated alkanes) is 11. The van der Waals surface area contributed by atoms with Crippen molar-refractivity contribution < 1.29 is 36.9 Å². The average Bonchev–Trinajstić information content (AvgIpc) is 2.52. The summed E-state index contributed by atoms with van der Waals surface area (Å²) in [7, 11) is -4.02. The molecular formula is C19H37LiO4S. The van der Waals surface area contributed by atoms with E-state index < -0.39 is 10.1 Å². The molecule has 0 heterocycles. The van der Waals surface area contributed by atoms with Crippen LogP contribution >= 0.6 is 0 Å². The molecule has 0 aromatic rings. The molecule has 144 valence electrons. The van der Waals surface area contributed by atoms with Crippen LogP contribution in [-0.4, -0.2) is 29.9 Å². The van der Waals surface area contributed by atoms with Crippen LogP contribution in [0.5, 0.6) is 0 Å². The molecule has 0 rings (SSSR count). The molecular weight excluding hydrogens is 331 g/mol. The van der Waals surface area contributed by atoms with E-state index >= 15 is 0 Å². The Kier molecular flexibility index (Phi) is 20.8. The van der Waals surface area contributed by atoms with Gasteiger partial charge in [0.1, 0.15) is 0 Å². The van der Waals surface area contributed by atoms with E-state index in [1.165, 1.54) is 38.5 Å². The van der Waals surface area contributed by atoms with E-state index in [0.717, 1.165) is 44.9 Å². The number of aliphatic hydroxyl groups excluding tert-OH is 1. The molecule has 25 heavy (non-hydrogen) atoms. The van der Waals surface area contributed by atoms with Gasteiger partial charge in [0.25, 0.3) is 0 Å². The minimum Gasteiger partial charge on any atom is -0.748 e. The van der Waals surface area contributed by atoms with Crippen LogP contribution in [0.3, 0.4) is 0 Å². The Morgan fingerprint density at radius 2 is 1.36 bits per heavy atom. The van der Waals surface area contributed by atoms with Gasteiger partial charge in [0.15, 0.2) is 0 Å². The van der Waals surface area contributed by atoms with Crippen LogP contribution < -0.4 is 18.9 Å². The Morgan fingerprint density at radius 3 is 1.84 bits per heavy atom. The molecule has 0 aliphatic heterocycles. The summed E-state index contributed by atoms with van der Waals surface area (Å²) in [6, 6.07) is 0. The van der Waals surface area contributed by atoms with Gasteiger partial charge in [-0.25, -0.2) is 8.42 Å². The van der Waals surface area contributed by atoms with Gasteiger partial charge in [-0.1, -0.05) is 83.3 Å². The maximum absolute atomic E-state index is 10.4. The van der Waals surface area contributed by atoms with Gasteiger partial charge in [-0.15, -0.1) is 0 Å². The van der Waals surface area contributed by atoms with Crippen molar-refractivity contribution in [2.75, 3.05) is 5.75 Å². The van der Waals surface area contributed by atoms with Gasteiger partial charge in [-0.3, -0.25) is 0 Å². The molecule has 0 saturated carbocycles. The SMILES string of the molecule is CCCC[C@@H](O)/C=C\CCCCCCCCCCCCS(=O)(=O)[O-].[Li+]. The van der Waals surface area contributed by atoms with Gasteiger partial charge in [-0.05, 0) is 25.7 Å². The number of hydrogen-bond acceptors (Lipinski definition) is 4. The number of aliphatic hydroxyl groups is 1. The predicted octanol–water partition coefficient (Wildman–Crippen LogP) is 1.93. The Hall–Kier alpha value is 0.207. The van der Waals surface area contributed by atoms with Crippen molar-refractivity contribution >= 4 is 10.1 Å². The molecule has 0 amide bonds. The second-order valence-corrected chi connectivity index (χ2v) is 8.25. The average molecular weight is 369 g/mol. The Balaban J connectivity index is 0. The van der Waals surface area contributed by atoms with E-state index in [4.69, 9.17) is 0 Å². The molecule has 0 aromatic carbocycles. The maximum Gasteiger partial charge on any atom is 1.00 e. The number of rotatable bonds is 17. The second kappa shape index (κ2) is 19.0. The normalized spacial score (nSPS) is 13.1. The Bertz CT molecular complexity index is 396. The van der Waals surface area contributed by atoms with Crippen molar-refractivity contribution in [3.05, 3.63) is 12.2 Å². The molecule has 0 aliphatic rings. The molecule has 0 aromatic heterocycles. The molecule has 0 bridgehead atoms. The smallest absolute Gasteiger partial charge is 0.748 e. The molecule has 0 radical (unpaired) electrons. The van der Waals surface area contributed by atoms with Crippen molar-refractivity contribution in [2.24, 2.45) is 0 Å². The van der Waals surface area contributed by atoms with Crippen LogP contribution in [0, 0.1) is 0 Å². The standard InChI is InChI=1S/C19H38O4S.Li/c1-2-3-16-19(20)17-14-12-10-8-6-4-5-7-9-11-13-15-18-24(21,22)23;/h14,17,19-20H,2-13,15-16,18H2,1H3,(H,21,22,23);/q;+1/p-1/b17-14-;/t19-;/m1./s1. The van der Waals surface area contributed by atoms with Crippen LogP contribution in [0.15, 0.2) is 12.2 Å². The molecule has 6 heteroatoms. The fourth-order valence-corrected chi connectivity index (χ4v) is 3.28. The number of hydrogen-bond donors (Lipinski definition) is 1. The fourth-order valence-electron chi connectivity index (χ4n) is 2.72. The van der Waals surface area contributed by atoms with E-state index in [1.54, 1.807) is 0 Å². The first-order valence-electron chi connectivity index (χ1n) is 9.74. The molecule has 0 fully saturated rings. The molecule has 4 nitrogen and oxygen atoms in total. The third kappa shape index (κ3) is 24.2. The summed E-state index contributed by atoms with van der Waals surface area (Å²) in [6.45, 7) is 2.14. The van der Waals surface area contributed by atoms with Crippen LogP contribution in [0.1, 0.15) is 96.8 Å². The summed E-state index contributed by atoms with van der Waals surface area (Å²) in [4.78, 5) is 0. The zero-order valence-electron chi connectivity index (χ0n) is 16.4. The van der Waals surface area contributed by atoms with Gasteiger partial charge in [-0.2, -0.15) is 0 Å². The third-order valence-corrected chi connectivity index (χ3v) is 5.02. The van der Waals surface area contributed by atoms with E-state index in [-0.39, 0.29) is 30.7 Å². The Morgan fingerprint density at radius 1 is 0.880 bits per heavy atom. The van der Waals surface area contributed by atoms with Gasteiger partial charge in [0.2, 0.25) is 0 Å². The van der Waals surface area contributed by atoms with Gasteiger partial charge >= 0.3 is 18.9 Å². The van der Waals surface area contributed by atoms with Crippen LogP contribution in [-0.2, 0) is 10.1 Å². The molecule has 0 aliphatic carbocycles. The Labute approximate surface area is 167 Å². The van der Waals surface area contributed by atoms with E-state index in [9.17, 15) is 18.1 Å². The molecule has 0 saturated heterocycles. The van der Waals surface area contributed by atoms with Crippen LogP contribution in [0.25, 0.3) is 0 Å². The van der Waals surface area contributed by atoms with Crippen molar-refractivity contribution in [1.82, 2.24) is 0 Å². The van der Waals surface area contributed by atoms with Crippen LogP contribution in [0.4, 0.5) is 0 Å². The zero-order valence-corrected chi connectivity index (χ0v) is 17.2. The van der Waals surface area contributed by atoms with E-state index in [2.05, 4.69) is 13.0 Å². The summed E-state index contributed by atoms with van der Waals surface area (Å²) in [5.74, 6) is -0.211. The number of allylic oxidation sites excluding steroid dienone is 1. The summed E-state index contributed by atoms with van der Waals surface area (Å²) in [5.41, 5.74) is 0. The topological polar surface area (TPSA) is 77.4 Å². The molecule has 1 N–H and O–H groups in total. The summed E-state index contributed by atoms with van der Waals surface area (Å²) < 4.78 is 31.3. The van der Waals surface area contributed by atoms with Gasteiger partial charge < -0.3 is 9.66 Å². The van der Waals surface area contributed by atoms with E-state index in [0.29, 0.717) is 6.42 Å². The monoisotopic (exact) mass is 368 g/mol. The first kappa shape index (κ1) is 27.4. The first-order chi connectivity index (χ1) is 11.5. The van der Waals surface area contributed by atoms with Crippen molar-refractivity contribution in [2.45, 2.75) is 103 Å². The fraction of sp³-hybridized carbons (Fsp3) is 0.895. The molecule has 1 atom stereocenters. The summed E-state index contributed by atoms with van der Waals surface area (Å²) >= 11 is 0. The molecule has 0 spiro atoms. The second-order valence-electron chi connectivity index (χ2n) is 6.72. The van der Waals surface area contributed by atoms with Gasteiger partial charge in [0.05, 0.1) is 16.2 Å². The third-order valence-electron chi connectivity index (χ3n) is 4.23. The summed E-state index contributed by atoms with van der Waals surface area (Å²) in [5, 5.41) is 9.67. The molecule has 0 unspecified atom stereocenters. The quantitative estimate of drug-likeness (QED) is 0.184. The van der Waals surface area contributed by atoms with Gasteiger partial charge in [0, 0.05) is 5.75 Å². The van der Waals surface area contributed by atoms with Crippen molar-refractivity contribution in [3.8, 4) is 0 Å². The minimum absolute atomic E-state index is 0. The van der Waals surface area contributed by atoms with Crippen LogP contribution in [0.2, 0.25) is 0 Å².